The van der Waals surface area contributed by atoms with Crippen LogP contribution in [0.3, 0.4) is 0 Å². The van der Waals surface area contributed by atoms with Crippen LogP contribution < -0.4 is 0 Å². The van der Waals surface area contributed by atoms with Crippen LogP contribution in [0.25, 0.3) is 11.0 Å². The minimum Gasteiger partial charge on any atom is -0.461 e. The second kappa shape index (κ2) is 5.38. The van der Waals surface area contributed by atoms with Crippen LogP contribution in [0.4, 0.5) is 0 Å². The standard InChI is InChI=1S/C17H22O2/c1-2-14-16(13-10-6-7-11-15(13)19-14)17(18)12-8-4-3-5-9-12/h6-7,10-12,17-18H,2-5,8-9H2,1H3. The third-order valence-electron chi connectivity index (χ3n) is 4.42. The topological polar surface area (TPSA) is 33.4 Å². The summed E-state index contributed by atoms with van der Waals surface area (Å²) in [5, 5.41) is 11.9. The first kappa shape index (κ1) is 12.7. The molecule has 1 N–H and O–H groups in total. The second-order valence-electron chi connectivity index (χ2n) is 5.63. The van der Waals surface area contributed by atoms with E-state index in [1.165, 1.54) is 19.3 Å². The van der Waals surface area contributed by atoms with Crippen molar-refractivity contribution < 1.29 is 9.52 Å². The Hall–Kier alpha value is -1.28. The lowest BCUT2D eigenvalue weighted by molar-refractivity contribution is 0.0843. The summed E-state index contributed by atoms with van der Waals surface area (Å²) in [6, 6.07) is 8.07. The number of para-hydroxylation sites is 1. The molecule has 1 aromatic carbocycles. The molecular weight excluding hydrogens is 236 g/mol. The Kier molecular flexibility index (Phi) is 3.61. The fourth-order valence-electron chi connectivity index (χ4n) is 3.39. The molecule has 0 bridgehead atoms. The highest BCUT2D eigenvalue weighted by atomic mass is 16.3. The number of fused-ring (bicyclic) bond motifs is 1. The van der Waals surface area contributed by atoms with E-state index in [1.807, 2.05) is 18.2 Å². The van der Waals surface area contributed by atoms with Gasteiger partial charge in [-0.2, -0.15) is 0 Å². The van der Waals surface area contributed by atoms with Crippen LogP contribution in [0.2, 0.25) is 0 Å². The Bertz CT molecular complexity index is 549. The molecule has 0 spiro atoms. The molecular formula is C17H22O2. The number of aryl methyl sites for hydroxylation is 1. The van der Waals surface area contributed by atoms with Gasteiger partial charge in [-0.25, -0.2) is 0 Å². The smallest absolute Gasteiger partial charge is 0.134 e. The predicted molar refractivity (Wildman–Crippen MR) is 77.1 cm³/mol. The largest absolute Gasteiger partial charge is 0.461 e. The molecule has 1 aromatic heterocycles. The van der Waals surface area contributed by atoms with Gasteiger partial charge in [-0.3, -0.25) is 0 Å². The molecule has 2 heteroatoms. The van der Waals surface area contributed by atoms with Crippen molar-refractivity contribution in [2.75, 3.05) is 0 Å². The summed E-state index contributed by atoms with van der Waals surface area (Å²) in [5.74, 6) is 1.36. The van der Waals surface area contributed by atoms with Gasteiger partial charge in [0.2, 0.25) is 0 Å². The third-order valence-corrected chi connectivity index (χ3v) is 4.42. The van der Waals surface area contributed by atoms with E-state index >= 15 is 0 Å². The van der Waals surface area contributed by atoms with Gasteiger partial charge in [-0.1, -0.05) is 44.4 Å². The van der Waals surface area contributed by atoms with Gasteiger partial charge in [-0.05, 0) is 24.8 Å². The van der Waals surface area contributed by atoms with Crippen molar-refractivity contribution in [3.8, 4) is 0 Å². The van der Waals surface area contributed by atoms with Gasteiger partial charge in [0.25, 0.3) is 0 Å². The second-order valence-corrected chi connectivity index (χ2v) is 5.63. The molecule has 0 amide bonds. The molecule has 1 saturated carbocycles. The van der Waals surface area contributed by atoms with Gasteiger partial charge in [0.15, 0.2) is 0 Å². The number of hydrogen-bond donors (Lipinski definition) is 1. The molecule has 1 aliphatic rings. The van der Waals surface area contributed by atoms with Gasteiger partial charge < -0.3 is 9.52 Å². The molecule has 19 heavy (non-hydrogen) atoms. The summed E-state index contributed by atoms with van der Waals surface area (Å²) >= 11 is 0. The Morgan fingerprint density at radius 2 is 1.95 bits per heavy atom. The van der Waals surface area contributed by atoms with E-state index in [0.29, 0.717) is 5.92 Å². The third kappa shape index (κ3) is 2.30. The molecule has 1 heterocycles. The molecule has 0 radical (unpaired) electrons. The highest BCUT2D eigenvalue weighted by Gasteiger charge is 2.28. The minimum absolute atomic E-state index is 0.362. The van der Waals surface area contributed by atoms with E-state index in [4.69, 9.17) is 4.42 Å². The van der Waals surface area contributed by atoms with Crippen LogP contribution in [-0.2, 0) is 6.42 Å². The van der Waals surface area contributed by atoms with E-state index in [9.17, 15) is 5.11 Å². The highest BCUT2D eigenvalue weighted by Crippen LogP contribution is 2.40. The van der Waals surface area contributed by atoms with Crippen LogP contribution in [0.15, 0.2) is 28.7 Å². The maximum Gasteiger partial charge on any atom is 0.134 e. The van der Waals surface area contributed by atoms with Crippen molar-refractivity contribution in [2.24, 2.45) is 5.92 Å². The van der Waals surface area contributed by atoms with Crippen LogP contribution >= 0.6 is 0 Å². The van der Waals surface area contributed by atoms with E-state index in [-0.39, 0.29) is 6.10 Å². The molecule has 0 saturated heterocycles. The maximum absolute atomic E-state index is 10.8. The molecule has 102 valence electrons. The van der Waals surface area contributed by atoms with E-state index in [1.54, 1.807) is 0 Å². The summed E-state index contributed by atoms with van der Waals surface area (Å²) < 4.78 is 5.90. The Morgan fingerprint density at radius 1 is 1.21 bits per heavy atom. The zero-order valence-electron chi connectivity index (χ0n) is 11.6. The molecule has 3 rings (SSSR count). The average Bonchev–Trinajstić information content (AvgIpc) is 2.86. The molecule has 0 aliphatic heterocycles. The highest BCUT2D eigenvalue weighted by molar-refractivity contribution is 5.82. The fourth-order valence-corrected chi connectivity index (χ4v) is 3.39. The normalized spacial score (nSPS) is 18.8. The van der Waals surface area contributed by atoms with Crippen LogP contribution in [0, 0.1) is 5.92 Å². The molecule has 1 unspecified atom stereocenters. The summed E-state index contributed by atoms with van der Waals surface area (Å²) in [6.07, 6.45) is 6.58. The van der Waals surface area contributed by atoms with Crippen molar-refractivity contribution in [1.29, 1.82) is 0 Å². The number of aliphatic hydroxyl groups excluding tert-OH is 1. The van der Waals surface area contributed by atoms with Crippen molar-refractivity contribution in [3.63, 3.8) is 0 Å². The lowest BCUT2D eigenvalue weighted by Crippen LogP contribution is -2.16. The quantitative estimate of drug-likeness (QED) is 0.872. The first-order chi connectivity index (χ1) is 9.31. The summed E-state index contributed by atoms with van der Waals surface area (Å²) in [5.41, 5.74) is 1.95. The SMILES string of the molecule is CCc1oc2ccccc2c1C(O)C1CCCCC1. The maximum atomic E-state index is 10.8. The average molecular weight is 258 g/mol. The number of rotatable bonds is 3. The van der Waals surface area contributed by atoms with Gasteiger partial charge in [0.1, 0.15) is 11.3 Å². The molecule has 1 atom stereocenters. The first-order valence-electron chi connectivity index (χ1n) is 7.49. The zero-order valence-corrected chi connectivity index (χ0v) is 11.6. The molecule has 1 aliphatic carbocycles. The predicted octanol–water partition coefficient (Wildman–Crippen LogP) is 4.61. The Balaban J connectivity index is 2.02. The monoisotopic (exact) mass is 258 g/mol. The van der Waals surface area contributed by atoms with Crippen LogP contribution in [0.5, 0.6) is 0 Å². The lowest BCUT2D eigenvalue weighted by Gasteiger charge is -2.26. The van der Waals surface area contributed by atoms with Gasteiger partial charge in [0.05, 0.1) is 6.10 Å². The van der Waals surface area contributed by atoms with Crippen LogP contribution in [0.1, 0.15) is 56.5 Å². The van der Waals surface area contributed by atoms with E-state index < -0.39 is 0 Å². The molecule has 1 fully saturated rings. The van der Waals surface area contributed by atoms with E-state index in [2.05, 4.69) is 13.0 Å². The van der Waals surface area contributed by atoms with Crippen molar-refractivity contribution >= 4 is 11.0 Å². The number of hydrogen-bond acceptors (Lipinski definition) is 2. The van der Waals surface area contributed by atoms with Gasteiger partial charge in [0, 0.05) is 17.4 Å². The van der Waals surface area contributed by atoms with Crippen molar-refractivity contribution in [1.82, 2.24) is 0 Å². The minimum atomic E-state index is -0.362. The first-order valence-corrected chi connectivity index (χ1v) is 7.49. The summed E-state index contributed by atoms with van der Waals surface area (Å²) in [6.45, 7) is 2.09. The summed E-state index contributed by atoms with van der Waals surface area (Å²) in [4.78, 5) is 0. The van der Waals surface area contributed by atoms with Crippen molar-refractivity contribution in [2.45, 2.75) is 51.6 Å². The van der Waals surface area contributed by atoms with Gasteiger partial charge >= 0.3 is 0 Å². The van der Waals surface area contributed by atoms with Gasteiger partial charge in [-0.15, -0.1) is 0 Å². The molecule has 2 nitrogen and oxygen atoms in total. The zero-order chi connectivity index (χ0) is 13.2. The Morgan fingerprint density at radius 3 is 2.68 bits per heavy atom. The van der Waals surface area contributed by atoms with E-state index in [0.717, 1.165) is 41.6 Å². The lowest BCUT2D eigenvalue weighted by atomic mass is 9.82. The number of benzene rings is 1. The molecule has 2 aromatic rings. The van der Waals surface area contributed by atoms with Crippen LogP contribution in [-0.4, -0.2) is 5.11 Å². The summed E-state index contributed by atoms with van der Waals surface area (Å²) in [7, 11) is 0. The van der Waals surface area contributed by atoms with Crippen molar-refractivity contribution in [3.05, 3.63) is 35.6 Å². The number of aliphatic hydroxyl groups is 1. The Labute approximate surface area is 114 Å². The number of furan rings is 1. The fraction of sp³-hybridized carbons (Fsp3) is 0.529.